The van der Waals surface area contributed by atoms with Gasteiger partial charge in [0.15, 0.2) is 0 Å². The van der Waals surface area contributed by atoms with Crippen molar-refractivity contribution >= 4 is 51.7 Å². The lowest BCUT2D eigenvalue weighted by atomic mass is 10.1. The van der Waals surface area contributed by atoms with Crippen molar-refractivity contribution in [2.75, 3.05) is 6.26 Å². The molecule has 1 N–H and O–H groups in total. The second kappa shape index (κ2) is 6.62. The highest BCUT2D eigenvalue weighted by Gasteiger charge is 2.25. The molecule has 0 bridgehead atoms. The second-order valence-corrected chi connectivity index (χ2v) is 7.35. The predicted octanol–water partition coefficient (Wildman–Crippen LogP) is 4.68. The van der Waals surface area contributed by atoms with Gasteiger partial charge in [0.05, 0.1) is 4.91 Å². The summed E-state index contributed by atoms with van der Waals surface area (Å²) in [5.74, 6) is -0.431. The SMILES string of the molecule is CSc1ccc(-c2cncc3cc(/C=C4/SC(=O)NC4=O)oc23)c(F)c1. The number of amides is 2. The van der Waals surface area contributed by atoms with Crippen LogP contribution in [0.2, 0.25) is 0 Å². The van der Waals surface area contributed by atoms with Crippen LogP contribution in [0.3, 0.4) is 0 Å². The molecule has 1 saturated heterocycles. The van der Waals surface area contributed by atoms with E-state index in [0.29, 0.717) is 27.9 Å². The quantitative estimate of drug-likeness (QED) is 0.521. The van der Waals surface area contributed by atoms with Gasteiger partial charge >= 0.3 is 0 Å². The molecular weight excluding hydrogens is 375 g/mol. The topological polar surface area (TPSA) is 72.2 Å². The van der Waals surface area contributed by atoms with Crippen molar-refractivity contribution in [1.29, 1.82) is 0 Å². The van der Waals surface area contributed by atoms with Crippen LogP contribution in [0.25, 0.3) is 28.2 Å². The third kappa shape index (κ3) is 3.02. The molecule has 5 nitrogen and oxygen atoms in total. The third-order valence-corrected chi connectivity index (χ3v) is 5.36. The van der Waals surface area contributed by atoms with Gasteiger partial charge in [0.2, 0.25) is 0 Å². The van der Waals surface area contributed by atoms with Crippen LogP contribution in [-0.4, -0.2) is 22.4 Å². The normalized spacial score (nSPS) is 15.8. The number of carbonyl (C=O) groups is 2. The molecule has 0 unspecified atom stereocenters. The van der Waals surface area contributed by atoms with Crippen molar-refractivity contribution in [1.82, 2.24) is 10.3 Å². The first kappa shape index (κ1) is 16.9. The largest absolute Gasteiger partial charge is 0.456 e. The maximum Gasteiger partial charge on any atom is 0.290 e. The Morgan fingerprint density at radius 3 is 2.77 bits per heavy atom. The van der Waals surface area contributed by atoms with Crippen LogP contribution in [0.4, 0.5) is 9.18 Å². The summed E-state index contributed by atoms with van der Waals surface area (Å²) >= 11 is 2.27. The number of furan rings is 1. The molecule has 1 aliphatic heterocycles. The Labute approximate surface area is 156 Å². The van der Waals surface area contributed by atoms with Crippen LogP contribution in [0.5, 0.6) is 0 Å². The summed E-state index contributed by atoms with van der Waals surface area (Å²) in [7, 11) is 0. The molecule has 1 aliphatic rings. The minimum atomic E-state index is -0.461. The average Bonchev–Trinajstić information content (AvgIpc) is 3.17. The molecule has 8 heteroatoms. The van der Waals surface area contributed by atoms with E-state index in [1.807, 2.05) is 12.3 Å². The Hall–Kier alpha value is -2.58. The van der Waals surface area contributed by atoms with Crippen molar-refractivity contribution in [3.05, 3.63) is 53.1 Å². The Morgan fingerprint density at radius 1 is 1.23 bits per heavy atom. The van der Waals surface area contributed by atoms with E-state index in [4.69, 9.17) is 4.42 Å². The Kier molecular flexibility index (Phi) is 4.29. The smallest absolute Gasteiger partial charge is 0.290 e. The molecule has 0 aliphatic carbocycles. The number of pyridine rings is 1. The maximum atomic E-state index is 14.5. The number of nitrogens with one attached hydrogen (secondary N) is 1. The minimum Gasteiger partial charge on any atom is -0.456 e. The van der Waals surface area contributed by atoms with Gasteiger partial charge in [-0.15, -0.1) is 11.8 Å². The van der Waals surface area contributed by atoms with E-state index in [1.165, 1.54) is 23.9 Å². The van der Waals surface area contributed by atoms with E-state index >= 15 is 0 Å². The van der Waals surface area contributed by atoms with Gasteiger partial charge in [-0.1, -0.05) is 6.07 Å². The zero-order valence-corrected chi connectivity index (χ0v) is 15.0. The van der Waals surface area contributed by atoms with Gasteiger partial charge in [0.25, 0.3) is 11.1 Å². The maximum absolute atomic E-state index is 14.5. The summed E-state index contributed by atoms with van der Waals surface area (Å²) < 4.78 is 20.3. The Bertz CT molecular complexity index is 1090. The van der Waals surface area contributed by atoms with E-state index in [1.54, 1.807) is 24.5 Å². The zero-order valence-electron chi connectivity index (χ0n) is 13.4. The Balaban J connectivity index is 1.81. The highest BCUT2D eigenvalue weighted by atomic mass is 32.2. The van der Waals surface area contributed by atoms with Crippen LogP contribution in [-0.2, 0) is 4.79 Å². The number of thioether (sulfide) groups is 2. The van der Waals surface area contributed by atoms with Gasteiger partial charge in [-0.05, 0) is 36.2 Å². The van der Waals surface area contributed by atoms with Crippen molar-refractivity contribution in [3.63, 3.8) is 0 Å². The fourth-order valence-electron chi connectivity index (χ4n) is 2.64. The Morgan fingerprint density at radius 2 is 2.08 bits per heavy atom. The van der Waals surface area contributed by atoms with E-state index in [0.717, 1.165) is 16.7 Å². The molecule has 0 radical (unpaired) electrons. The lowest BCUT2D eigenvalue weighted by Gasteiger charge is -2.05. The molecule has 130 valence electrons. The van der Waals surface area contributed by atoms with Crippen molar-refractivity contribution in [2.24, 2.45) is 0 Å². The van der Waals surface area contributed by atoms with Crippen LogP contribution >= 0.6 is 23.5 Å². The van der Waals surface area contributed by atoms with Crippen LogP contribution in [0.1, 0.15) is 5.76 Å². The number of fused-ring (bicyclic) bond motifs is 1. The monoisotopic (exact) mass is 386 g/mol. The predicted molar refractivity (Wildman–Crippen MR) is 100 cm³/mol. The second-order valence-electron chi connectivity index (χ2n) is 5.45. The summed E-state index contributed by atoms with van der Waals surface area (Å²) in [5, 5.41) is 2.45. The third-order valence-electron chi connectivity index (χ3n) is 3.82. The highest BCUT2D eigenvalue weighted by Crippen LogP contribution is 2.34. The van der Waals surface area contributed by atoms with Gasteiger partial charge in [-0.2, -0.15) is 0 Å². The lowest BCUT2D eigenvalue weighted by Crippen LogP contribution is -2.17. The van der Waals surface area contributed by atoms with Crippen molar-refractivity contribution in [3.8, 4) is 11.1 Å². The van der Waals surface area contributed by atoms with E-state index in [9.17, 15) is 14.0 Å². The fourth-order valence-corrected chi connectivity index (χ4v) is 3.72. The molecule has 26 heavy (non-hydrogen) atoms. The summed E-state index contributed by atoms with van der Waals surface area (Å²) in [6, 6.07) is 6.69. The van der Waals surface area contributed by atoms with Gasteiger partial charge in [-0.25, -0.2) is 4.39 Å². The van der Waals surface area contributed by atoms with Crippen molar-refractivity contribution < 1.29 is 18.4 Å². The van der Waals surface area contributed by atoms with Crippen LogP contribution in [0, 0.1) is 5.82 Å². The lowest BCUT2D eigenvalue weighted by molar-refractivity contribution is -0.115. The zero-order chi connectivity index (χ0) is 18.3. The molecule has 0 spiro atoms. The fraction of sp³-hybridized carbons (Fsp3) is 0.0556. The number of carbonyl (C=O) groups excluding carboxylic acids is 2. The average molecular weight is 386 g/mol. The number of hydrogen-bond donors (Lipinski definition) is 1. The number of nitrogens with zero attached hydrogens (tertiary/aromatic N) is 1. The van der Waals surface area contributed by atoms with Gasteiger partial charge in [0, 0.05) is 39.9 Å². The number of rotatable bonds is 3. The standard InChI is InChI=1S/C18H11FN2O3S2/c1-25-11-2-3-12(14(19)6-11)13-8-20-7-9-4-10(24-16(9)13)5-15-17(22)21-18(23)26-15/h2-8H,1H3,(H,21,22,23)/b15-5+. The first-order valence-corrected chi connectivity index (χ1v) is 9.55. The summed E-state index contributed by atoms with van der Waals surface area (Å²) in [6.07, 6.45) is 6.51. The van der Waals surface area contributed by atoms with E-state index < -0.39 is 11.1 Å². The van der Waals surface area contributed by atoms with Crippen LogP contribution in [0.15, 0.2) is 50.9 Å². The number of halogens is 1. The molecule has 1 aromatic carbocycles. The van der Waals surface area contributed by atoms with Gasteiger partial charge in [0.1, 0.15) is 17.2 Å². The van der Waals surface area contributed by atoms with Crippen molar-refractivity contribution in [2.45, 2.75) is 4.90 Å². The van der Waals surface area contributed by atoms with Gasteiger partial charge < -0.3 is 4.42 Å². The molecule has 0 atom stereocenters. The first-order chi connectivity index (χ1) is 12.5. The molecule has 2 amide bonds. The first-order valence-electron chi connectivity index (χ1n) is 7.51. The summed E-state index contributed by atoms with van der Waals surface area (Å²) in [6.45, 7) is 0. The van der Waals surface area contributed by atoms with Crippen LogP contribution < -0.4 is 5.32 Å². The molecule has 0 saturated carbocycles. The molecule has 3 heterocycles. The molecule has 4 rings (SSSR count). The number of hydrogen-bond acceptors (Lipinski definition) is 6. The summed E-state index contributed by atoms with van der Waals surface area (Å²) in [5.41, 5.74) is 1.38. The molecular formula is C18H11FN2O3S2. The number of imide groups is 1. The number of benzene rings is 1. The van der Waals surface area contributed by atoms with E-state index in [2.05, 4.69) is 10.3 Å². The molecule has 2 aromatic heterocycles. The van der Waals surface area contributed by atoms with Gasteiger partial charge in [-0.3, -0.25) is 19.9 Å². The number of aromatic nitrogens is 1. The molecule has 1 fully saturated rings. The highest BCUT2D eigenvalue weighted by molar-refractivity contribution is 8.18. The van der Waals surface area contributed by atoms with E-state index in [-0.39, 0.29) is 10.7 Å². The summed E-state index contributed by atoms with van der Waals surface area (Å²) in [4.78, 5) is 28.2. The molecule has 3 aromatic rings. The minimum absolute atomic E-state index is 0.249.